The quantitative estimate of drug-likeness (QED) is 0.424. The predicted molar refractivity (Wildman–Crippen MR) is 113 cm³/mol. The first-order valence-corrected chi connectivity index (χ1v) is 9.35. The van der Waals surface area contributed by atoms with E-state index in [0.29, 0.717) is 18.2 Å². The van der Waals surface area contributed by atoms with Crippen LogP contribution in [0, 0.1) is 12.7 Å². The summed E-state index contributed by atoms with van der Waals surface area (Å²) in [6.45, 7) is 3.98. The number of benzene rings is 2. The maximum absolute atomic E-state index is 13.3. The van der Waals surface area contributed by atoms with Gasteiger partial charge in [-0.2, -0.15) is 0 Å². The van der Waals surface area contributed by atoms with Gasteiger partial charge in [0.2, 0.25) is 5.95 Å². The number of anilines is 2. The second kappa shape index (κ2) is 9.30. The van der Waals surface area contributed by atoms with Gasteiger partial charge in [0.15, 0.2) is 0 Å². The molecule has 0 saturated heterocycles. The van der Waals surface area contributed by atoms with Crippen LogP contribution < -0.4 is 5.32 Å². The first-order chi connectivity index (χ1) is 14.0. The number of aromatic nitrogens is 2. The van der Waals surface area contributed by atoms with Crippen molar-refractivity contribution in [2.24, 2.45) is 0 Å². The molecular weight excluding hydrogens is 393 g/mol. The summed E-state index contributed by atoms with van der Waals surface area (Å²) in [5.41, 5.74) is 4.00. The SMILES string of the molecule is CCOC(=O)C=Cc1cccc(-c2cnc(Nc3ccc(F)c(Cl)c3)nc2C)c1. The molecular formula is C22H19ClFN3O2. The van der Waals surface area contributed by atoms with Crippen LogP contribution in [0.5, 0.6) is 0 Å². The van der Waals surface area contributed by atoms with Crippen molar-refractivity contribution in [2.45, 2.75) is 13.8 Å². The summed E-state index contributed by atoms with van der Waals surface area (Å²) in [4.78, 5) is 20.3. The molecule has 0 bridgehead atoms. The van der Waals surface area contributed by atoms with Crippen molar-refractivity contribution in [3.8, 4) is 11.1 Å². The van der Waals surface area contributed by atoms with E-state index in [9.17, 15) is 9.18 Å². The molecule has 1 aromatic heterocycles. The average molecular weight is 412 g/mol. The normalized spacial score (nSPS) is 10.9. The van der Waals surface area contributed by atoms with E-state index < -0.39 is 5.82 Å². The first-order valence-electron chi connectivity index (χ1n) is 8.97. The van der Waals surface area contributed by atoms with Crippen LogP contribution in [0.3, 0.4) is 0 Å². The number of nitrogens with zero attached hydrogens (tertiary/aromatic N) is 2. The maximum Gasteiger partial charge on any atom is 0.330 e. The van der Waals surface area contributed by atoms with Crippen LogP contribution in [-0.2, 0) is 9.53 Å². The van der Waals surface area contributed by atoms with E-state index in [1.165, 1.54) is 18.2 Å². The topological polar surface area (TPSA) is 64.1 Å². The van der Waals surface area contributed by atoms with E-state index >= 15 is 0 Å². The van der Waals surface area contributed by atoms with Gasteiger partial charge in [0.05, 0.1) is 17.3 Å². The second-order valence-corrected chi connectivity index (χ2v) is 6.56. The predicted octanol–water partition coefficient (Wildman–Crippen LogP) is 5.56. The van der Waals surface area contributed by atoms with Gasteiger partial charge in [0.25, 0.3) is 0 Å². The second-order valence-electron chi connectivity index (χ2n) is 6.16. The first kappa shape index (κ1) is 20.5. The Bertz CT molecular complexity index is 1070. The molecule has 148 valence electrons. The van der Waals surface area contributed by atoms with Crippen LogP contribution in [0.25, 0.3) is 17.2 Å². The van der Waals surface area contributed by atoms with E-state index in [0.717, 1.165) is 22.4 Å². The van der Waals surface area contributed by atoms with Crippen molar-refractivity contribution in [3.05, 3.63) is 76.8 Å². The Balaban J connectivity index is 1.80. The lowest BCUT2D eigenvalue weighted by Crippen LogP contribution is -2.00. The molecule has 29 heavy (non-hydrogen) atoms. The minimum atomic E-state index is -0.485. The molecule has 0 spiro atoms. The molecule has 7 heteroatoms. The molecule has 3 rings (SSSR count). The zero-order valence-corrected chi connectivity index (χ0v) is 16.7. The molecule has 5 nitrogen and oxygen atoms in total. The molecule has 3 aromatic rings. The number of nitrogens with one attached hydrogen (secondary N) is 1. The van der Waals surface area contributed by atoms with Crippen LogP contribution in [-0.4, -0.2) is 22.5 Å². The fraction of sp³-hybridized carbons (Fsp3) is 0.136. The highest BCUT2D eigenvalue weighted by Crippen LogP contribution is 2.25. The standard InChI is InChI=1S/C22H19ClFN3O2/c1-3-29-21(28)10-7-15-5-4-6-16(11-15)18-13-25-22(26-14(18)2)27-17-8-9-20(24)19(23)12-17/h4-13H,3H2,1-2H3,(H,25,26,27). The Morgan fingerprint density at radius 2 is 2.10 bits per heavy atom. The van der Waals surface area contributed by atoms with Crippen LogP contribution in [0.4, 0.5) is 16.0 Å². The van der Waals surface area contributed by atoms with Gasteiger partial charge in [0.1, 0.15) is 5.82 Å². The van der Waals surface area contributed by atoms with Crippen molar-refractivity contribution in [1.29, 1.82) is 0 Å². The maximum atomic E-state index is 13.3. The van der Waals surface area contributed by atoms with Crippen LogP contribution in [0.1, 0.15) is 18.2 Å². The van der Waals surface area contributed by atoms with Crippen molar-refractivity contribution in [2.75, 3.05) is 11.9 Å². The molecule has 0 radical (unpaired) electrons. The lowest BCUT2D eigenvalue weighted by molar-refractivity contribution is -0.137. The van der Waals surface area contributed by atoms with E-state index in [1.807, 2.05) is 31.2 Å². The van der Waals surface area contributed by atoms with Crippen molar-refractivity contribution in [1.82, 2.24) is 9.97 Å². The third kappa shape index (κ3) is 5.39. The Kier molecular flexibility index (Phi) is 6.57. The van der Waals surface area contributed by atoms with Gasteiger partial charge < -0.3 is 10.1 Å². The van der Waals surface area contributed by atoms with Gasteiger partial charge in [-0.05, 0) is 55.3 Å². The van der Waals surface area contributed by atoms with Crippen LogP contribution >= 0.6 is 11.6 Å². The Hall–Kier alpha value is -3.25. The van der Waals surface area contributed by atoms with Gasteiger partial charge in [0, 0.05) is 23.5 Å². The van der Waals surface area contributed by atoms with E-state index in [1.54, 1.807) is 25.3 Å². The summed E-state index contributed by atoms with van der Waals surface area (Å²) in [7, 11) is 0. The van der Waals surface area contributed by atoms with E-state index in [2.05, 4.69) is 15.3 Å². The summed E-state index contributed by atoms with van der Waals surface area (Å²) in [6, 6.07) is 12.0. The average Bonchev–Trinajstić information content (AvgIpc) is 2.70. The molecule has 0 saturated carbocycles. The zero-order valence-electron chi connectivity index (χ0n) is 15.9. The molecule has 1 N–H and O–H groups in total. The summed E-state index contributed by atoms with van der Waals surface area (Å²) in [6.07, 6.45) is 4.81. The molecule has 0 unspecified atom stereocenters. The number of rotatable bonds is 6. The number of aryl methyl sites for hydroxylation is 1. The number of carbonyl (C=O) groups is 1. The van der Waals surface area contributed by atoms with Crippen LogP contribution in [0.2, 0.25) is 5.02 Å². The summed E-state index contributed by atoms with van der Waals surface area (Å²) in [5.74, 6) is -0.484. The lowest BCUT2D eigenvalue weighted by atomic mass is 10.0. The molecule has 1 heterocycles. The highest BCUT2D eigenvalue weighted by Gasteiger charge is 2.08. The lowest BCUT2D eigenvalue weighted by Gasteiger charge is -2.10. The number of esters is 1. The van der Waals surface area contributed by atoms with Gasteiger partial charge >= 0.3 is 5.97 Å². The number of ether oxygens (including phenoxy) is 1. The van der Waals surface area contributed by atoms with Crippen molar-refractivity contribution < 1.29 is 13.9 Å². The molecule has 0 atom stereocenters. The minimum absolute atomic E-state index is 0.0241. The number of hydrogen-bond donors (Lipinski definition) is 1. The largest absolute Gasteiger partial charge is 0.463 e. The van der Waals surface area contributed by atoms with E-state index in [4.69, 9.17) is 16.3 Å². The fourth-order valence-corrected chi connectivity index (χ4v) is 2.86. The van der Waals surface area contributed by atoms with Gasteiger partial charge in [-0.15, -0.1) is 0 Å². The summed E-state index contributed by atoms with van der Waals surface area (Å²) < 4.78 is 18.2. The van der Waals surface area contributed by atoms with E-state index in [-0.39, 0.29) is 11.0 Å². The third-order valence-corrected chi connectivity index (χ3v) is 4.34. The molecule has 0 amide bonds. The number of halogens is 2. The Morgan fingerprint density at radius 1 is 1.28 bits per heavy atom. The summed E-state index contributed by atoms with van der Waals surface area (Å²) >= 11 is 5.80. The van der Waals surface area contributed by atoms with Crippen LogP contribution in [0.15, 0.2) is 54.7 Å². The highest BCUT2D eigenvalue weighted by atomic mass is 35.5. The molecule has 0 aliphatic heterocycles. The molecule has 0 fully saturated rings. The monoisotopic (exact) mass is 411 g/mol. The van der Waals surface area contributed by atoms with Gasteiger partial charge in [-0.1, -0.05) is 29.8 Å². The Labute approximate surface area is 173 Å². The number of carbonyl (C=O) groups excluding carboxylic acids is 1. The minimum Gasteiger partial charge on any atom is -0.463 e. The third-order valence-electron chi connectivity index (χ3n) is 4.05. The molecule has 0 aliphatic carbocycles. The highest BCUT2D eigenvalue weighted by molar-refractivity contribution is 6.31. The molecule has 0 aliphatic rings. The molecule has 2 aromatic carbocycles. The van der Waals surface area contributed by atoms with Gasteiger partial charge in [-0.3, -0.25) is 0 Å². The smallest absolute Gasteiger partial charge is 0.330 e. The van der Waals surface area contributed by atoms with Gasteiger partial charge in [-0.25, -0.2) is 19.2 Å². The fourth-order valence-electron chi connectivity index (χ4n) is 2.68. The number of hydrogen-bond acceptors (Lipinski definition) is 5. The Morgan fingerprint density at radius 3 is 2.83 bits per heavy atom. The van der Waals surface area contributed by atoms with Crippen molar-refractivity contribution in [3.63, 3.8) is 0 Å². The zero-order chi connectivity index (χ0) is 20.8. The summed E-state index contributed by atoms with van der Waals surface area (Å²) in [5, 5.41) is 3.04. The van der Waals surface area contributed by atoms with Crippen molar-refractivity contribution >= 4 is 35.3 Å².